The van der Waals surface area contributed by atoms with E-state index >= 15 is 0 Å². The summed E-state index contributed by atoms with van der Waals surface area (Å²) < 4.78 is 0.0845. The second kappa shape index (κ2) is 9.06. The predicted octanol–water partition coefficient (Wildman–Crippen LogP) is 3.99. The lowest BCUT2D eigenvalue weighted by atomic mass is 9.77. The molecule has 128 valence electrons. The van der Waals surface area contributed by atoms with Crippen LogP contribution in [0, 0.1) is 11.8 Å². The zero-order valence-corrected chi connectivity index (χ0v) is 15.3. The lowest BCUT2D eigenvalue weighted by molar-refractivity contribution is -0.137. The molecule has 0 aliphatic heterocycles. The molecule has 2 N–H and O–H groups in total. The van der Waals surface area contributed by atoms with E-state index in [0.717, 1.165) is 6.42 Å². The zero-order valence-electron chi connectivity index (χ0n) is 13.7. The summed E-state index contributed by atoms with van der Waals surface area (Å²) in [6.07, 6.45) is 3.92. The normalized spacial score (nSPS) is 25.9. The molecule has 3 atom stereocenters. The molecule has 0 aromatic rings. The number of hydrogen-bond acceptors (Lipinski definition) is 4. The molecule has 1 aliphatic carbocycles. The zero-order chi connectivity index (χ0) is 16.8. The summed E-state index contributed by atoms with van der Waals surface area (Å²) in [6, 6.07) is 0. The van der Waals surface area contributed by atoms with Crippen LogP contribution in [0.25, 0.3) is 0 Å². The monoisotopic (exact) mass is 348 g/mol. The maximum absolute atomic E-state index is 10.7. The standard InChI is InChI=1S/C16H28O4S2/c1-11-4-5-12(10-13(11)21-8-6-14(17)18)16(2,3)22-9-7-15(19)20/h11-13H,4-10H2,1-3H3,(H,17,18)(H,19,20). The van der Waals surface area contributed by atoms with Crippen molar-refractivity contribution in [2.75, 3.05) is 11.5 Å². The van der Waals surface area contributed by atoms with E-state index in [-0.39, 0.29) is 17.6 Å². The van der Waals surface area contributed by atoms with Gasteiger partial charge in [-0.2, -0.15) is 23.5 Å². The first-order chi connectivity index (χ1) is 10.2. The second-order valence-electron chi connectivity index (χ2n) is 6.64. The number of carboxylic acids is 2. The molecule has 1 aliphatic rings. The Kier molecular flexibility index (Phi) is 8.11. The van der Waals surface area contributed by atoms with Gasteiger partial charge in [0, 0.05) is 21.5 Å². The van der Waals surface area contributed by atoms with Gasteiger partial charge in [-0.25, -0.2) is 0 Å². The van der Waals surface area contributed by atoms with Crippen molar-refractivity contribution >= 4 is 35.5 Å². The van der Waals surface area contributed by atoms with Crippen LogP contribution in [-0.2, 0) is 9.59 Å². The van der Waals surface area contributed by atoms with Crippen molar-refractivity contribution in [3.8, 4) is 0 Å². The first-order valence-corrected chi connectivity index (χ1v) is 9.95. The largest absolute Gasteiger partial charge is 0.481 e. The van der Waals surface area contributed by atoms with E-state index in [1.54, 1.807) is 23.5 Å². The molecule has 0 heterocycles. The van der Waals surface area contributed by atoms with Crippen LogP contribution in [0.5, 0.6) is 0 Å². The van der Waals surface area contributed by atoms with Gasteiger partial charge in [0.15, 0.2) is 0 Å². The van der Waals surface area contributed by atoms with Gasteiger partial charge in [-0.3, -0.25) is 9.59 Å². The van der Waals surface area contributed by atoms with Crippen LogP contribution in [-0.4, -0.2) is 43.7 Å². The Morgan fingerprint density at radius 2 is 1.68 bits per heavy atom. The average molecular weight is 349 g/mol. The van der Waals surface area contributed by atoms with Crippen molar-refractivity contribution in [2.24, 2.45) is 11.8 Å². The van der Waals surface area contributed by atoms with E-state index in [2.05, 4.69) is 20.8 Å². The SMILES string of the molecule is CC1CCC(C(C)(C)SCCC(=O)O)CC1SCCC(=O)O. The maximum Gasteiger partial charge on any atom is 0.304 e. The molecular formula is C16H28O4S2. The van der Waals surface area contributed by atoms with E-state index in [1.807, 2.05) is 0 Å². The van der Waals surface area contributed by atoms with Crippen molar-refractivity contribution in [1.82, 2.24) is 0 Å². The smallest absolute Gasteiger partial charge is 0.304 e. The Morgan fingerprint density at radius 1 is 1.09 bits per heavy atom. The minimum atomic E-state index is -0.734. The quantitative estimate of drug-likeness (QED) is 0.656. The molecule has 0 bridgehead atoms. The summed E-state index contributed by atoms with van der Waals surface area (Å²) in [5, 5.41) is 18.1. The third-order valence-electron chi connectivity index (χ3n) is 4.54. The van der Waals surface area contributed by atoms with Crippen molar-refractivity contribution in [3.05, 3.63) is 0 Å². The summed E-state index contributed by atoms with van der Waals surface area (Å²) in [7, 11) is 0. The van der Waals surface area contributed by atoms with Gasteiger partial charge >= 0.3 is 11.9 Å². The van der Waals surface area contributed by atoms with Gasteiger partial charge in [-0.1, -0.05) is 20.8 Å². The summed E-state index contributed by atoms with van der Waals surface area (Å²) in [5.74, 6) is 1.09. The van der Waals surface area contributed by atoms with E-state index < -0.39 is 11.9 Å². The molecule has 0 saturated heterocycles. The van der Waals surface area contributed by atoms with Gasteiger partial charge in [0.05, 0.1) is 12.8 Å². The van der Waals surface area contributed by atoms with Crippen LogP contribution in [0.1, 0.15) is 52.9 Å². The minimum Gasteiger partial charge on any atom is -0.481 e. The number of carbonyl (C=O) groups is 2. The fraction of sp³-hybridized carbons (Fsp3) is 0.875. The number of thioether (sulfide) groups is 2. The Labute approximate surface area is 141 Å². The highest BCUT2D eigenvalue weighted by molar-refractivity contribution is 8.00. The Morgan fingerprint density at radius 3 is 2.27 bits per heavy atom. The molecule has 0 amide bonds. The van der Waals surface area contributed by atoms with E-state index in [9.17, 15) is 9.59 Å². The molecule has 0 spiro atoms. The lowest BCUT2D eigenvalue weighted by Crippen LogP contribution is -2.36. The predicted molar refractivity (Wildman–Crippen MR) is 93.8 cm³/mol. The molecule has 0 aromatic heterocycles. The van der Waals surface area contributed by atoms with Crippen LogP contribution < -0.4 is 0 Å². The summed E-state index contributed by atoms with van der Waals surface area (Å²) in [5.41, 5.74) is 0. The fourth-order valence-electron chi connectivity index (χ4n) is 2.96. The number of hydrogen-bond donors (Lipinski definition) is 2. The highest BCUT2D eigenvalue weighted by Crippen LogP contribution is 2.45. The van der Waals surface area contributed by atoms with Crippen molar-refractivity contribution in [3.63, 3.8) is 0 Å². The van der Waals surface area contributed by atoms with E-state index in [1.165, 1.54) is 12.8 Å². The first kappa shape index (κ1) is 19.7. The lowest BCUT2D eigenvalue weighted by Gasteiger charge is -2.42. The van der Waals surface area contributed by atoms with Crippen LogP contribution in [0.4, 0.5) is 0 Å². The van der Waals surface area contributed by atoms with Crippen molar-refractivity contribution < 1.29 is 19.8 Å². The molecule has 1 fully saturated rings. The van der Waals surface area contributed by atoms with Gasteiger partial charge in [-0.05, 0) is 31.1 Å². The Hall–Kier alpha value is -0.360. The van der Waals surface area contributed by atoms with Crippen LogP contribution in [0.2, 0.25) is 0 Å². The van der Waals surface area contributed by atoms with Crippen molar-refractivity contribution in [2.45, 2.75) is 62.9 Å². The summed E-state index contributed by atoms with van der Waals surface area (Å²) >= 11 is 3.56. The van der Waals surface area contributed by atoms with Gasteiger partial charge < -0.3 is 10.2 Å². The third-order valence-corrected chi connectivity index (χ3v) is 7.55. The molecule has 4 nitrogen and oxygen atoms in total. The number of rotatable bonds is 9. The topological polar surface area (TPSA) is 74.6 Å². The fourth-order valence-corrected chi connectivity index (χ4v) is 5.64. The van der Waals surface area contributed by atoms with Crippen LogP contribution in [0.3, 0.4) is 0 Å². The van der Waals surface area contributed by atoms with Crippen LogP contribution in [0.15, 0.2) is 0 Å². The first-order valence-electron chi connectivity index (χ1n) is 7.91. The van der Waals surface area contributed by atoms with E-state index in [0.29, 0.717) is 28.6 Å². The Bertz CT molecular complexity index is 384. The average Bonchev–Trinajstić information content (AvgIpc) is 2.39. The summed E-state index contributed by atoms with van der Waals surface area (Å²) in [6.45, 7) is 6.71. The van der Waals surface area contributed by atoms with Crippen LogP contribution >= 0.6 is 23.5 Å². The highest BCUT2D eigenvalue weighted by atomic mass is 32.2. The molecule has 1 rings (SSSR count). The molecule has 1 saturated carbocycles. The van der Waals surface area contributed by atoms with Gasteiger partial charge in [0.2, 0.25) is 0 Å². The van der Waals surface area contributed by atoms with E-state index in [4.69, 9.17) is 10.2 Å². The van der Waals surface area contributed by atoms with Gasteiger partial charge in [0.1, 0.15) is 0 Å². The molecule has 0 aromatic carbocycles. The molecule has 22 heavy (non-hydrogen) atoms. The molecular weight excluding hydrogens is 320 g/mol. The van der Waals surface area contributed by atoms with Gasteiger partial charge in [0.25, 0.3) is 0 Å². The molecule has 6 heteroatoms. The number of aliphatic carboxylic acids is 2. The maximum atomic E-state index is 10.7. The third kappa shape index (κ3) is 6.82. The Balaban J connectivity index is 2.49. The second-order valence-corrected chi connectivity index (χ2v) is 9.73. The molecule has 3 unspecified atom stereocenters. The highest BCUT2D eigenvalue weighted by Gasteiger charge is 2.37. The van der Waals surface area contributed by atoms with Gasteiger partial charge in [-0.15, -0.1) is 0 Å². The molecule has 0 radical (unpaired) electrons. The minimum absolute atomic E-state index is 0.0845. The number of carboxylic acid groups (broad SMARTS) is 2. The van der Waals surface area contributed by atoms with Crippen molar-refractivity contribution in [1.29, 1.82) is 0 Å². The summed E-state index contributed by atoms with van der Waals surface area (Å²) in [4.78, 5) is 21.3.